The Hall–Kier alpha value is -2.39. The Morgan fingerprint density at radius 2 is 1.81 bits per heavy atom. The molecule has 0 aliphatic carbocycles. The predicted octanol–water partition coefficient (Wildman–Crippen LogP) is 2.91. The smallest absolute Gasteiger partial charge is 0.238 e. The minimum atomic E-state index is -1.65. The highest BCUT2D eigenvalue weighted by atomic mass is 32.1. The Morgan fingerprint density at radius 3 is 2.46 bits per heavy atom. The fourth-order valence-electron chi connectivity index (χ4n) is 2.25. The number of anilines is 1. The zero-order valence-electron chi connectivity index (χ0n) is 14.2. The summed E-state index contributed by atoms with van der Waals surface area (Å²) in [6.07, 6.45) is 0. The van der Waals surface area contributed by atoms with Crippen LogP contribution < -0.4 is 10.6 Å². The van der Waals surface area contributed by atoms with Crippen LogP contribution in [0.15, 0.2) is 29.6 Å². The molecule has 9 heteroatoms. The lowest BCUT2D eigenvalue weighted by atomic mass is 10.2. The molecule has 2 amide bonds. The van der Waals surface area contributed by atoms with Crippen LogP contribution in [0.2, 0.25) is 0 Å². The Labute approximate surface area is 152 Å². The molecule has 0 bridgehead atoms. The first-order valence-corrected chi connectivity index (χ1v) is 8.60. The highest BCUT2D eigenvalue weighted by Crippen LogP contribution is 2.19. The summed E-state index contributed by atoms with van der Waals surface area (Å²) in [5, 5.41) is 6.87. The number of nitrogens with one attached hydrogen (secondary N) is 2. The quantitative estimate of drug-likeness (QED) is 0.721. The third-order valence-corrected chi connectivity index (χ3v) is 4.54. The van der Waals surface area contributed by atoms with Gasteiger partial charge in [0, 0.05) is 4.88 Å². The molecule has 0 aliphatic heterocycles. The Kier molecular flexibility index (Phi) is 6.76. The second-order valence-electron chi connectivity index (χ2n) is 5.75. The first-order valence-electron chi connectivity index (χ1n) is 7.72. The molecule has 2 N–H and O–H groups in total. The molecule has 0 saturated carbocycles. The third kappa shape index (κ3) is 5.30. The molecule has 26 heavy (non-hydrogen) atoms. The number of benzene rings is 1. The van der Waals surface area contributed by atoms with Gasteiger partial charge in [0.05, 0.1) is 24.8 Å². The maximum Gasteiger partial charge on any atom is 0.238 e. The van der Waals surface area contributed by atoms with Gasteiger partial charge in [-0.1, -0.05) is 6.07 Å². The van der Waals surface area contributed by atoms with E-state index in [1.54, 1.807) is 0 Å². The zero-order chi connectivity index (χ0) is 19.3. The van der Waals surface area contributed by atoms with Crippen LogP contribution in [0.1, 0.15) is 17.8 Å². The van der Waals surface area contributed by atoms with Crippen LogP contribution in [0.4, 0.5) is 18.9 Å². The Morgan fingerprint density at radius 1 is 1.12 bits per heavy atom. The van der Waals surface area contributed by atoms with Crippen LogP contribution in [0.25, 0.3) is 0 Å². The SMILES string of the molecule is C[C@@H](NC(=O)CN(C)CC(=O)Nc1ccc(F)c(F)c1F)c1cccs1. The van der Waals surface area contributed by atoms with Crippen molar-refractivity contribution >= 4 is 28.8 Å². The van der Waals surface area contributed by atoms with Crippen molar-refractivity contribution in [3.05, 3.63) is 52.0 Å². The number of carbonyl (C=O) groups excluding carboxylic acids is 2. The van der Waals surface area contributed by atoms with Gasteiger partial charge in [0.15, 0.2) is 17.5 Å². The largest absolute Gasteiger partial charge is 0.348 e. The van der Waals surface area contributed by atoms with Crippen molar-refractivity contribution in [2.75, 3.05) is 25.5 Å². The standard InChI is InChI=1S/C17H18F3N3O2S/c1-10(13-4-3-7-26-13)21-14(24)8-23(2)9-15(25)22-12-6-5-11(18)16(19)17(12)20/h3-7,10H,8-9H2,1-2H3,(H,21,24)(H,22,25)/t10-/m1/s1. The number of thiophene rings is 1. The summed E-state index contributed by atoms with van der Waals surface area (Å²) in [4.78, 5) is 26.3. The molecule has 0 fully saturated rings. The van der Waals surface area contributed by atoms with Gasteiger partial charge < -0.3 is 10.6 Å². The van der Waals surface area contributed by atoms with Crippen molar-refractivity contribution in [1.29, 1.82) is 0 Å². The maximum absolute atomic E-state index is 13.5. The highest BCUT2D eigenvalue weighted by Gasteiger charge is 2.17. The van der Waals surface area contributed by atoms with Gasteiger partial charge in [0.2, 0.25) is 11.8 Å². The number of hydrogen-bond donors (Lipinski definition) is 2. The highest BCUT2D eigenvalue weighted by molar-refractivity contribution is 7.10. The molecule has 0 unspecified atom stereocenters. The van der Waals surface area contributed by atoms with Gasteiger partial charge in [-0.3, -0.25) is 14.5 Å². The molecular weight excluding hydrogens is 367 g/mol. The van der Waals surface area contributed by atoms with E-state index < -0.39 is 29.0 Å². The van der Waals surface area contributed by atoms with Crippen LogP contribution >= 0.6 is 11.3 Å². The van der Waals surface area contributed by atoms with E-state index in [0.717, 1.165) is 17.0 Å². The lowest BCUT2D eigenvalue weighted by molar-refractivity contribution is -0.123. The number of rotatable bonds is 7. The van der Waals surface area contributed by atoms with E-state index in [1.807, 2.05) is 24.4 Å². The van der Waals surface area contributed by atoms with Crippen molar-refractivity contribution in [3.63, 3.8) is 0 Å². The van der Waals surface area contributed by atoms with E-state index in [0.29, 0.717) is 0 Å². The molecule has 140 valence electrons. The number of hydrogen-bond acceptors (Lipinski definition) is 4. The summed E-state index contributed by atoms with van der Waals surface area (Å²) < 4.78 is 39.6. The minimum absolute atomic E-state index is 0.0522. The molecule has 2 aromatic rings. The van der Waals surface area contributed by atoms with Gasteiger partial charge in [-0.25, -0.2) is 13.2 Å². The molecule has 2 rings (SSSR count). The Bertz CT molecular complexity index is 784. The molecule has 5 nitrogen and oxygen atoms in total. The van der Waals surface area contributed by atoms with Crippen LogP contribution in [0.5, 0.6) is 0 Å². The Balaban J connectivity index is 1.83. The maximum atomic E-state index is 13.5. The van der Waals surface area contributed by atoms with Gasteiger partial charge in [0.25, 0.3) is 0 Å². The molecule has 0 spiro atoms. The lowest BCUT2D eigenvalue weighted by Gasteiger charge is -2.18. The lowest BCUT2D eigenvalue weighted by Crippen LogP contribution is -2.39. The van der Waals surface area contributed by atoms with Gasteiger partial charge in [-0.2, -0.15) is 0 Å². The van der Waals surface area contributed by atoms with Crippen LogP contribution in [-0.2, 0) is 9.59 Å². The molecule has 1 atom stereocenters. The first kappa shape index (κ1) is 19.9. The number of carbonyl (C=O) groups is 2. The van der Waals surface area contributed by atoms with E-state index in [1.165, 1.54) is 23.3 Å². The normalized spacial score (nSPS) is 12.1. The molecule has 0 aliphatic rings. The molecule has 1 aromatic heterocycles. The topological polar surface area (TPSA) is 61.4 Å². The summed E-state index contributed by atoms with van der Waals surface area (Å²) >= 11 is 1.52. The van der Waals surface area contributed by atoms with Gasteiger partial charge in [-0.15, -0.1) is 11.3 Å². The van der Waals surface area contributed by atoms with E-state index in [9.17, 15) is 22.8 Å². The van der Waals surface area contributed by atoms with Crippen molar-refractivity contribution in [2.45, 2.75) is 13.0 Å². The van der Waals surface area contributed by atoms with E-state index >= 15 is 0 Å². The summed E-state index contributed by atoms with van der Waals surface area (Å²) in [6.45, 7) is 1.57. The number of nitrogens with zero attached hydrogens (tertiary/aromatic N) is 1. The van der Waals surface area contributed by atoms with Gasteiger partial charge >= 0.3 is 0 Å². The number of likely N-dealkylation sites (N-methyl/N-ethyl adjacent to an activating group) is 1. The zero-order valence-corrected chi connectivity index (χ0v) is 15.0. The average Bonchev–Trinajstić information content (AvgIpc) is 3.09. The molecule has 0 radical (unpaired) electrons. The third-order valence-electron chi connectivity index (χ3n) is 3.48. The fraction of sp³-hybridized carbons (Fsp3) is 0.294. The second-order valence-corrected chi connectivity index (χ2v) is 6.73. The van der Waals surface area contributed by atoms with Crippen molar-refractivity contribution < 1.29 is 22.8 Å². The molecular formula is C17H18F3N3O2S. The van der Waals surface area contributed by atoms with Gasteiger partial charge in [-0.05, 0) is 37.6 Å². The van der Waals surface area contributed by atoms with Crippen molar-refractivity contribution in [2.24, 2.45) is 0 Å². The monoisotopic (exact) mass is 385 g/mol. The van der Waals surface area contributed by atoms with Gasteiger partial charge in [0.1, 0.15) is 0 Å². The summed E-state index contributed by atoms with van der Waals surface area (Å²) in [6, 6.07) is 5.29. The average molecular weight is 385 g/mol. The molecule has 1 heterocycles. The van der Waals surface area contributed by atoms with E-state index in [-0.39, 0.29) is 25.0 Å². The summed E-state index contributed by atoms with van der Waals surface area (Å²) in [7, 11) is 1.54. The fourth-order valence-corrected chi connectivity index (χ4v) is 2.99. The summed E-state index contributed by atoms with van der Waals surface area (Å²) in [5.41, 5.74) is -0.460. The van der Waals surface area contributed by atoms with Crippen LogP contribution in [0, 0.1) is 17.5 Å². The first-order chi connectivity index (χ1) is 12.3. The van der Waals surface area contributed by atoms with E-state index in [4.69, 9.17) is 0 Å². The van der Waals surface area contributed by atoms with E-state index in [2.05, 4.69) is 10.6 Å². The second kappa shape index (κ2) is 8.81. The number of halogens is 3. The molecule has 1 aromatic carbocycles. The minimum Gasteiger partial charge on any atom is -0.348 e. The number of amides is 2. The van der Waals surface area contributed by atoms with Crippen LogP contribution in [-0.4, -0.2) is 36.9 Å². The van der Waals surface area contributed by atoms with Crippen molar-refractivity contribution in [1.82, 2.24) is 10.2 Å². The summed E-state index contributed by atoms with van der Waals surface area (Å²) in [5.74, 6) is -5.40. The molecule has 0 saturated heterocycles. The van der Waals surface area contributed by atoms with Crippen molar-refractivity contribution in [3.8, 4) is 0 Å². The predicted molar refractivity (Wildman–Crippen MR) is 93.3 cm³/mol. The van der Waals surface area contributed by atoms with Crippen LogP contribution in [0.3, 0.4) is 0 Å².